The van der Waals surface area contributed by atoms with Gasteiger partial charge in [0.2, 0.25) is 0 Å². The minimum absolute atomic E-state index is 0.0456. The molecule has 0 aromatic heterocycles. The van der Waals surface area contributed by atoms with Gasteiger partial charge in [-0.15, -0.1) is 0 Å². The number of aliphatic carboxylic acids is 1. The van der Waals surface area contributed by atoms with Crippen molar-refractivity contribution in [2.45, 2.75) is 18.4 Å². The van der Waals surface area contributed by atoms with Gasteiger partial charge in [0.15, 0.2) is 0 Å². The molecule has 0 aliphatic heterocycles. The second-order valence-corrected chi connectivity index (χ2v) is 6.28. The second kappa shape index (κ2) is 7.58. The van der Waals surface area contributed by atoms with E-state index in [0.29, 0.717) is 0 Å². The minimum atomic E-state index is -1.17. The molecule has 0 unspecified atom stereocenters. The molecule has 0 radical (unpaired) electrons. The van der Waals surface area contributed by atoms with Crippen LogP contribution >= 0.6 is 0 Å². The van der Waals surface area contributed by atoms with Gasteiger partial charge in [0.1, 0.15) is 12.6 Å². The monoisotopic (exact) mass is 355 g/mol. The van der Waals surface area contributed by atoms with Gasteiger partial charge in [0.05, 0.1) is 0 Å². The van der Waals surface area contributed by atoms with Crippen molar-refractivity contribution < 1.29 is 24.5 Å². The normalized spacial score (nSPS) is 13.6. The highest BCUT2D eigenvalue weighted by atomic mass is 16.6. The Morgan fingerprint density at radius 1 is 1.08 bits per heavy atom. The maximum Gasteiger partial charge on any atom is 0.410 e. The molecule has 0 bridgehead atoms. The lowest BCUT2D eigenvalue weighted by molar-refractivity contribution is -0.142. The van der Waals surface area contributed by atoms with E-state index in [1.54, 1.807) is 0 Å². The third-order valence-electron chi connectivity index (χ3n) is 4.78. The Bertz CT molecular complexity index is 774. The fourth-order valence-electron chi connectivity index (χ4n) is 3.43. The third-order valence-corrected chi connectivity index (χ3v) is 4.78. The highest BCUT2D eigenvalue weighted by Crippen LogP contribution is 2.44. The van der Waals surface area contributed by atoms with Gasteiger partial charge in [-0.3, -0.25) is 4.90 Å². The molecule has 0 heterocycles. The third kappa shape index (κ3) is 3.28. The number of benzene rings is 2. The van der Waals surface area contributed by atoms with Crippen LogP contribution in [-0.4, -0.2) is 53.5 Å². The maximum absolute atomic E-state index is 12.3. The topological polar surface area (TPSA) is 87.1 Å². The van der Waals surface area contributed by atoms with Crippen LogP contribution in [0.15, 0.2) is 48.5 Å². The molecule has 0 spiro atoms. The van der Waals surface area contributed by atoms with E-state index < -0.39 is 18.1 Å². The number of fused-ring (bicyclic) bond motifs is 3. The molecule has 3 rings (SSSR count). The van der Waals surface area contributed by atoms with Crippen molar-refractivity contribution in [1.29, 1.82) is 0 Å². The molecule has 1 aliphatic carbocycles. The number of hydrogen-bond donors (Lipinski definition) is 2. The maximum atomic E-state index is 12.3. The van der Waals surface area contributed by atoms with Crippen LogP contribution in [0.5, 0.6) is 0 Å². The van der Waals surface area contributed by atoms with Crippen LogP contribution in [0.4, 0.5) is 4.79 Å². The van der Waals surface area contributed by atoms with Gasteiger partial charge >= 0.3 is 12.1 Å². The van der Waals surface area contributed by atoms with Crippen molar-refractivity contribution >= 4 is 12.1 Å². The first-order valence-electron chi connectivity index (χ1n) is 8.46. The molecular formula is C20H21NO5. The Hall–Kier alpha value is -2.86. The van der Waals surface area contributed by atoms with Crippen LogP contribution in [0.25, 0.3) is 11.1 Å². The quantitative estimate of drug-likeness (QED) is 0.832. The van der Waals surface area contributed by atoms with Crippen molar-refractivity contribution in [3.63, 3.8) is 0 Å². The Morgan fingerprint density at radius 2 is 1.62 bits per heavy atom. The molecule has 1 aliphatic rings. The first-order chi connectivity index (χ1) is 12.5. The van der Waals surface area contributed by atoms with Crippen LogP contribution in [0.1, 0.15) is 23.5 Å². The summed E-state index contributed by atoms with van der Waals surface area (Å²) in [4.78, 5) is 24.6. The molecular weight excluding hydrogens is 334 g/mol. The van der Waals surface area contributed by atoms with Gasteiger partial charge in [-0.2, -0.15) is 0 Å². The summed E-state index contributed by atoms with van der Waals surface area (Å²) in [6, 6.07) is 14.9. The van der Waals surface area contributed by atoms with Crippen LogP contribution in [-0.2, 0) is 9.53 Å². The average molecular weight is 355 g/mol. The Balaban J connectivity index is 1.75. The predicted molar refractivity (Wildman–Crippen MR) is 96.0 cm³/mol. The smallest absolute Gasteiger partial charge is 0.410 e. The summed E-state index contributed by atoms with van der Waals surface area (Å²) in [6.45, 7) is -0.194. The molecule has 2 aromatic rings. The van der Waals surface area contributed by atoms with Crippen molar-refractivity contribution in [3.05, 3.63) is 59.7 Å². The molecule has 6 nitrogen and oxygen atoms in total. The zero-order valence-electron chi connectivity index (χ0n) is 14.5. The van der Waals surface area contributed by atoms with E-state index in [-0.39, 0.29) is 25.6 Å². The molecule has 2 aromatic carbocycles. The van der Waals surface area contributed by atoms with Crippen molar-refractivity contribution in [2.24, 2.45) is 0 Å². The summed E-state index contributed by atoms with van der Waals surface area (Å²) in [5.41, 5.74) is 4.44. The summed E-state index contributed by atoms with van der Waals surface area (Å²) in [5.74, 6) is -1.25. The van der Waals surface area contributed by atoms with E-state index in [4.69, 9.17) is 9.84 Å². The lowest BCUT2D eigenvalue weighted by Crippen LogP contribution is -2.43. The number of carbonyl (C=O) groups is 2. The van der Waals surface area contributed by atoms with Crippen molar-refractivity contribution in [3.8, 4) is 11.1 Å². The molecule has 0 fully saturated rings. The minimum Gasteiger partial charge on any atom is -0.480 e. The largest absolute Gasteiger partial charge is 0.480 e. The van der Waals surface area contributed by atoms with E-state index in [2.05, 4.69) is 0 Å². The van der Waals surface area contributed by atoms with Gasteiger partial charge in [-0.05, 0) is 22.3 Å². The van der Waals surface area contributed by atoms with Gasteiger partial charge in [0, 0.05) is 26.0 Å². The number of ether oxygens (including phenoxy) is 1. The number of aliphatic hydroxyl groups is 1. The highest BCUT2D eigenvalue weighted by molar-refractivity contribution is 5.81. The number of aliphatic hydroxyl groups excluding tert-OH is 1. The van der Waals surface area contributed by atoms with Gasteiger partial charge in [-0.1, -0.05) is 48.5 Å². The number of hydrogen-bond acceptors (Lipinski definition) is 4. The Labute approximate surface area is 151 Å². The number of likely N-dealkylation sites (N-methyl/N-ethyl adjacent to an activating group) is 1. The van der Waals surface area contributed by atoms with Crippen molar-refractivity contribution in [2.75, 3.05) is 20.3 Å². The number of carboxylic acid groups (broad SMARTS) is 1. The number of nitrogens with zero attached hydrogens (tertiary/aromatic N) is 1. The van der Waals surface area contributed by atoms with Crippen LogP contribution < -0.4 is 0 Å². The van der Waals surface area contributed by atoms with E-state index >= 15 is 0 Å². The van der Waals surface area contributed by atoms with Crippen LogP contribution in [0, 0.1) is 0 Å². The zero-order valence-corrected chi connectivity index (χ0v) is 14.5. The number of carboxylic acids is 1. The van der Waals surface area contributed by atoms with E-state index in [9.17, 15) is 14.7 Å². The Kier molecular flexibility index (Phi) is 5.23. The summed E-state index contributed by atoms with van der Waals surface area (Å²) in [6.07, 6.45) is -0.761. The summed E-state index contributed by atoms with van der Waals surface area (Å²) >= 11 is 0. The zero-order chi connectivity index (χ0) is 18.7. The second-order valence-electron chi connectivity index (χ2n) is 6.28. The summed E-state index contributed by atoms with van der Waals surface area (Å²) < 4.78 is 5.42. The average Bonchev–Trinajstić information content (AvgIpc) is 2.97. The highest BCUT2D eigenvalue weighted by Gasteiger charge is 2.31. The fourth-order valence-corrected chi connectivity index (χ4v) is 3.43. The number of amides is 1. The number of carbonyl (C=O) groups excluding carboxylic acids is 1. The molecule has 0 saturated heterocycles. The lowest BCUT2D eigenvalue weighted by Gasteiger charge is -2.24. The van der Waals surface area contributed by atoms with Gasteiger partial charge in [0.25, 0.3) is 0 Å². The molecule has 2 N–H and O–H groups in total. The summed E-state index contributed by atoms with van der Waals surface area (Å²) in [5, 5.41) is 18.2. The van der Waals surface area contributed by atoms with E-state index in [1.807, 2.05) is 48.5 Å². The summed E-state index contributed by atoms with van der Waals surface area (Å²) in [7, 11) is 1.37. The van der Waals surface area contributed by atoms with Crippen LogP contribution in [0.2, 0.25) is 0 Å². The van der Waals surface area contributed by atoms with Crippen LogP contribution in [0.3, 0.4) is 0 Å². The SMILES string of the molecule is CN(C(=O)OCC1c2ccccc2-c2ccccc21)[C@@H](CCO)C(=O)O. The van der Waals surface area contributed by atoms with E-state index in [1.165, 1.54) is 7.05 Å². The molecule has 0 saturated carbocycles. The predicted octanol–water partition coefficient (Wildman–Crippen LogP) is 2.70. The molecule has 1 amide bonds. The molecule has 26 heavy (non-hydrogen) atoms. The standard InChI is InChI=1S/C20H21NO5/c1-21(18(10-11-22)19(23)24)20(25)26-12-17-15-8-4-2-6-13(15)14-7-3-5-9-16(14)17/h2-9,17-18,22H,10-12H2,1H3,(H,23,24)/t18-/m0/s1. The first-order valence-corrected chi connectivity index (χ1v) is 8.46. The fraction of sp³-hybridized carbons (Fsp3) is 0.300. The molecule has 1 atom stereocenters. The van der Waals surface area contributed by atoms with E-state index in [0.717, 1.165) is 27.2 Å². The van der Waals surface area contributed by atoms with Gasteiger partial charge < -0.3 is 14.9 Å². The lowest BCUT2D eigenvalue weighted by atomic mass is 9.98. The van der Waals surface area contributed by atoms with Gasteiger partial charge in [-0.25, -0.2) is 9.59 Å². The molecule has 136 valence electrons. The number of rotatable bonds is 6. The Morgan fingerprint density at radius 3 is 2.12 bits per heavy atom. The first kappa shape index (κ1) is 17.9. The van der Waals surface area contributed by atoms with Crippen molar-refractivity contribution in [1.82, 2.24) is 4.90 Å². The molecule has 6 heteroatoms.